The van der Waals surface area contributed by atoms with Crippen LogP contribution in [0.2, 0.25) is 0 Å². The zero-order chi connectivity index (χ0) is 14.9. The van der Waals surface area contributed by atoms with E-state index in [0.717, 1.165) is 44.8 Å². The third-order valence-electron chi connectivity index (χ3n) is 5.17. The molecule has 1 saturated carbocycles. The molecule has 2 aliphatic rings. The van der Waals surface area contributed by atoms with Crippen molar-refractivity contribution in [3.8, 4) is 5.75 Å². The number of nitrogens with zero attached hydrogens (tertiary/aromatic N) is 1. The van der Waals surface area contributed by atoms with Gasteiger partial charge >= 0.3 is 0 Å². The summed E-state index contributed by atoms with van der Waals surface area (Å²) in [5.74, 6) is 1.41. The molecular formula is C18H27NO2. The molecule has 1 aromatic rings. The lowest BCUT2D eigenvalue weighted by molar-refractivity contribution is -0.0439. The fraction of sp³-hybridized carbons (Fsp3) is 0.667. The van der Waals surface area contributed by atoms with Gasteiger partial charge in [-0.25, -0.2) is 0 Å². The van der Waals surface area contributed by atoms with E-state index >= 15 is 0 Å². The summed E-state index contributed by atoms with van der Waals surface area (Å²) in [4.78, 5) is 2.45. The Labute approximate surface area is 127 Å². The molecular weight excluding hydrogens is 262 g/mol. The van der Waals surface area contributed by atoms with Crippen LogP contribution >= 0.6 is 0 Å². The molecule has 3 heteroatoms. The van der Waals surface area contributed by atoms with Gasteiger partial charge in [0.05, 0.1) is 6.10 Å². The van der Waals surface area contributed by atoms with E-state index in [1.807, 2.05) is 6.07 Å². The molecule has 1 aromatic carbocycles. The molecule has 1 aliphatic carbocycles. The van der Waals surface area contributed by atoms with Crippen LogP contribution in [0.15, 0.2) is 24.3 Å². The Hall–Kier alpha value is -1.06. The normalized spacial score (nSPS) is 29.3. The van der Waals surface area contributed by atoms with Crippen LogP contribution in [0.4, 0.5) is 0 Å². The second kappa shape index (κ2) is 5.98. The summed E-state index contributed by atoms with van der Waals surface area (Å²) in [5, 5.41) is 10.6. The summed E-state index contributed by atoms with van der Waals surface area (Å²) in [6, 6.07) is 8.30. The van der Waals surface area contributed by atoms with Gasteiger partial charge < -0.3 is 9.84 Å². The smallest absolute Gasteiger partial charge is 0.123 e. The van der Waals surface area contributed by atoms with Gasteiger partial charge in [0.15, 0.2) is 0 Å². The van der Waals surface area contributed by atoms with Crippen LogP contribution in [-0.2, 0) is 6.54 Å². The van der Waals surface area contributed by atoms with E-state index in [2.05, 4.69) is 36.9 Å². The van der Waals surface area contributed by atoms with Crippen LogP contribution < -0.4 is 4.74 Å². The van der Waals surface area contributed by atoms with Crippen molar-refractivity contribution in [1.82, 2.24) is 4.90 Å². The fourth-order valence-corrected chi connectivity index (χ4v) is 3.82. The average molecular weight is 289 g/mol. The van der Waals surface area contributed by atoms with Crippen LogP contribution in [0.3, 0.4) is 0 Å². The van der Waals surface area contributed by atoms with E-state index in [9.17, 15) is 5.11 Å². The number of aliphatic hydroxyl groups is 1. The van der Waals surface area contributed by atoms with Crippen LogP contribution in [0.1, 0.15) is 38.7 Å². The quantitative estimate of drug-likeness (QED) is 0.908. The van der Waals surface area contributed by atoms with Gasteiger partial charge in [-0.2, -0.15) is 0 Å². The highest BCUT2D eigenvalue weighted by molar-refractivity contribution is 5.33. The molecule has 1 heterocycles. The first kappa shape index (κ1) is 14.9. The van der Waals surface area contributed by atoms with Gasteiger partial charge in [-0.15, -0.1) is 0 Å². The minimum Gasteiger partial charge on any atom is -0.492 e. The van der Waals surface area contributed by atoms with Crippen molar-refractivity contribution < 1.29 is 9.84 Å². The van der Waals surface area contributed by atoms with Crippen LogP contribution in [0, 0.1) is 11.3 Å². The van der Waals surface area contributed by atoms with E-state index in [1.54, 1.807) is 0 Å². The lowest BCUT2D eigenvalue weighted by Crippen LogP contribution is -2.45. The van der Waals surface area contributed by atoms with Crippen molar-refractivity contribution >= 4 is 0 Å². The Morgan fingerprint density at radius 2 is 2.14 bits per heavy atom. The zero-order valence-corrected chi connectivity index (χ0v) is 13.2. The molecule has 1 N–H and O–H groups in total. The first-order valence-electron chi connectivity index (χ1n) is 8.17. The Bertz CT molecular complexity index is 486. The van der Waals surface area contributed by atoms with E-state index in [0.29, 0.717) is 5.92 Å². The van der Waals surface area contributed by atoms with E-state index in [-0.39, 0.29) is 11.5 Å². The monoisotopic (exact) mass is 289 g/mol. The molecule has 0 radical (unpaired) electrons. The van der Waals surface area contributed by atoms with Gasteiger partial charge in [0, 0.05) is 25.2 Å². The highest BCUT2D eigenvalue weighted by atomic mass is 16.5. The number of hydrogen-bond acceptors (Lipinski definition) is 3. The molecule has 2 unspecified atom stereocenters. The van der Waals surface area contributed by atoms with Crippen molar-refractivity contribution in [3.63, 3.8) is 0 Å². The Kier molecular flexibility index (Phi) is 4.23. The molecule has 116 valence electrons. The SMILES string of the molecule is CC1(C)CCCC(CN2CCOc3ccccc3C2)C1O. The predicted octanol–water partition coefficient (Wildman–Crippen LogP) is 3.07. The summed E-state index contributed by atoms with van der Waals surface area (Å²) >= 11 is 0. The van der Waals surface area contributed by atoms with Crippen LogP contribution in [-0.4, -0.2) is 35.8 Å². The van der Waals surface area contributed by atoms with E-state index in [1.165, 1.54) is 12.0 Å². The largest absolute Gasteiger partial charge is 0.492 e. The van der Waals surface area contributed by atoms with Gasteiger partial charge in [-0.3, -0.25) is 4.90 Å². The molecule has 2 atom stereocenters. The minimum atomic E-state index is -0.189. The van der Waals surface area contributed by atoms with Gasteiger partial charge in [0.1, 0.15) is 12.4 Å². The third kappa shape index (κ3) is 3.24. The van der Waals surface area contributed by atoms with E-state index in [4.69, 9.17) is 4.74 Å². The van der Waals surface area contributed by atoms with Crippen molar-refractivity contribution in [2.75, 3.05) is 19.7 Å². The zero-order valence-electron chi connectivity index (χ0n) is 13.2. The maximum absolute atomic E-state index is 10.6. The summed E-state index contributed by atoms with van der Waals surface area (Å²) < 4.78 is 5.83. The van der Waals surface area contributed by atoms with Gasteiger partial charge in [0.25, 0.3) is 0 Å². The second-order valence-electron chi connectivity index (χ2n) is 7.28. The molecule has 3 rings (SSSR count). The summed E-state index contributed by atoms with van der Waals surface area (Å²) in [5.41, 5.74) is 1.32. The number of benzene rings is 1. The number of hydrogen-bond donors (Lipinski definition) is 1. The maximum Gasteiger partial charge on any atom is 0.123 e. The number of para-hydroxylation sites is 1. The third-order valence-corrected chi connectivity index (χ3v) is 5.17. The first-order chi connectivity index (χ1) is 10.1. The summed E-state index contributed by atoms with van der Waals surface area (Å²) in [6.45, 7) is 7.99. The van der Waals surface area contributed by atoms with Gasteiger partial charge in [-0.05, 0) is 30.2 Å². The minimum absolute atomic E-state index is 0.0587. The lowest BCUT2D eigenvalue weighted by atomic mass is 9.69. The lowest BCUT2D eigenvalue weighted by Gasteiger charge is -2.42. The average Bonchev–Trinajstić information content (AvgIpc) is 2.65. The number of fused-ring (bicyclic) bond motifs is 1. The molecule has 0 aromatic heterocycles. The Morgan fingerprint density at radius 3 is 3.00 bits per heavy atom. The molecule has 3 nitrogen and oxygen atoms in total. The van der Waals surface area contributed by atoms with Crippen molar-refractivity contribution in [2.45, 2.75) is 45.8 Å². The molecule has 0 bridgehead atoms. The number of aliphatic hydroxyl groups excluding tert-OH is 1. The van der Waals surface area contributed by atoms with Crippen molar-refractivity contribution in [1.29, 1.82) is 0 Å². The van der Waals surface area contributed by atoms with Crippen LogP contribution in [0.25, 0.3) is 0 Å². The Morgan fingerprint density at radius 1 is 1.33 bits per heavy atom. The first-order valence-corrected chi connectivity index (χ1v) is 8.17. The molecule has 1 aliphatic heterocycles. The molecule has 1 fully saturated rings. The second-order valence-corrected chi connectivity index (χ2v) is 7.28. The summed E-state index contributed by atoms with van der Waals surface area (Å²) in [6.07, 6.45) is 3.32. The molecule has 21 heavy (non-hydrogen) atoms. The number of ether oxygens (including phenoxy) is 1. The Balaban J connectivity index is 1.68. The van der Waals surface area contributed by atoms with Gasteiger partial charge in [0.2, 0.25) is 0 Å². The highest BCUT2D eigenvalue weighted by Gasteiger charge is 2.38. The summed E-state index contributed by atoms with van der Waals surface area (Å²) in [7, 11) is 0. The molecule has 0 saturated heterocycles. The van der Waals surface area contributed by atoms with Crippen LogP contribution in [0.5, 0.6) is 5.75 Å². The van der Waals surface area contributed by atoms with Crippen molar-refractivity contribution in [3.05, 3.63) is 29.8 Å². The maximum atomic E-state index is 10.6. The van der Waals surface area contributed by atoms with E-state index < -0.39 is 0 Å². The topological polar surface area (TPSA) is 32.7 Å². The highest BCUT2D eigenvalue weighted by Crippen LogP contribution is 2.39. The molecule has 0 spiro atoms. The van der Waals surface area contributed by atoms with Crippen molar-refractivity contribution in [2.24, 2.45) is 11.3 Å². The molecule has 0 amide bonds. The fourth-order valence-electron chi connectivity index (χ4n) is 3.82. The standard InChI is InChI=1S/C18H27NO2/c1-18(2)9-5-7-15(17(18)20)13-19-10-11-21-16-8-4-3-6-14(16)12-19/h3-4,6,8,15,17,20H,5,7,9-13H2,1-2H3. The predicted molar refractivity (Wildman–Crippen MR) is 84.3 cm³/mol. The van der Waals surface area contributed by atoms with Gasteiger partial charge in [-0.1, -0.05) is 38.5 Å². The number of rotatable bonds is 2.